The lowest BCUT2D eigenvalue weighted by Gasteiger charge is -2.13. The van der Waals surface area contributed by atoms with Crippen molar-refractivity contribution in [3.63, 3.8) is 0 Å². The van der Waals surface area contributed by atoms with Gasteiger partial charge in [0.15, 0.2) is 0 Å². The number of nitriles is 3. The van der Waals surface area contributed by atoms with E-state index in [0.29, 0.717) is 35.9 Å². The van der Waals surface area contributed by atoms with E-state index in [1.807, 2.05) is 66.9 Å². The Morgan fingerprint density at radius 1 is 0.689 bits per heavy atom. The molecule has 6 N–H and O–H groups in total. The number of phenolic OH excluding ortho intramolecular Hbond substituents is 1. The molecule has 0 aliphatic heterocycles. The molecule has 10 heteroatoms. The fraction of sp³-hybridized carbons (Fsp3) is 0.400. The van der Waals surface area contributed by atoms with Gasteiger partial charge in [0.25, 0.3) is 0 Å². The molecule has 3 aromatic carbocycles. The molecule has 0 bridgehead atoms. The maximum Gasteiger partial charge on any atom is 0.123 e. The Bertz CT molecular complexity index is 1420. The zero-order valence-electron chi connectivity index (χ0n) is 27.7. The van der Waals surface area contributed by atoms with Crippen LogP contribution in [0.15, 0.2) is 54.6 Å². The van der Waals surface area contributed by atoms with Gasteiger partial charge in [-0.05, 0) is 109 Å². The molecule has 0 heterocycles. The molecule has 0 saturated heterocycles. The highest BCUT2D eigenvalue weighted by Crippen LogP contribution is 2.20. The number of nitrogens with zero attached hydrogens (tertiary/aromatic N) is 3. The van der Waals surface area contributed by atoms with E-state index in [1.54, 1.807) is 43.3 Å². The van der Waals surface area contributed by atoms with Crippen molar-refractivity contribution in [2.75, 3.05) is 33.9 Å². The normalized spacial score (nSPS) is 11.5. The van der Waals surface area contributed by atoms with E-state index in [-0.39, 0.29) is 24.4 Å². The number of nitrogens with two attached hydrogens (primary N) is 1. The van der Waals surface area contributed by atoms with Crippen molar-refractivity contribution in [3.8, 4) is 35.5 Å². The molecule has 10 nitrogen and oxygen atoms in total. The quantitative estimate of drug-likeness (QED) is 0.228. The highest BCUT2D eigenvalue weighted by molar-refractivity contribution is 5.43. The molecule has 0 fully saturated rings. The Morgan fingerprint density at radius 2 is 1.09 bits per heavy atom. The third-order valence-corrected chi connectivity index (χ3v) is 6.22. The van der Waals surface area contributed by atoms with Crippen molar-refractivity contribution in [1.29, 1.82) is 15.8 Å². The van der Waals surface area contributed by atoms with Crippen LogP contribution < -0.4 is 25.8 Å². The number of likely N-dealkylation sites (N-methyl/N-ethyl adjacent to an activating group) is 2. The molecule has 3 unspecified atom stereocenters. The van der Waals surface area contributed by atoms with Crippen LogP contribution in [0.4, 0.5) is 0 Å². The SMILES string of the molecule is CNC(C)CO.CNC(C)COc1cc(C#N)ccc1C.Cc1ccc(C#N)cc1O.Cc1ccc(C#N)cc1OCC(C)N. The van der Waals surface area contributed by atoms with Crippen LogP contribution >= 0.6 is 0 Å². The number of aliphatic hydroxyl groups excluding tert-OH is 1. The van der Waals surface area contributed by atoms with Crippen LogP contribution in [-0.2, 0) is 0 Å². The second kappa shape index (κ2) is 22.8. The van der Waals surface area contributed by atoms with Crippen molar-refractivity contribution in [2.24, 2.45) is 5.73 Å². The topological polar surface area (TPSA) is 180 Å². The zero-order chi connectivity index (χ0) is 34.4. The molecule has 0 aromatic heterocycles. The Morgan fingerprint density at radius 3 is 1.42 bits per heavy atom. The van der Waals surface area contributed by atoms with E-state index < -0.39 is 0 Å². The van der Waals surface area contributed by atoms with Gasteiger partial charge in [-0.3, -0.25) is 0 Å². The smallest absolute Gasteiger partial charge is 0.123 e. The van der Waals surface area contributed by atoms with Gasteiger partial charge in [0, 0.05) is 18.1 Å². The summed E-state index contributed by atoms with van der Waals surface area (Å²) >= 11 is 0. The van der Waals surface area contributed by atoms with Gasteiger partial charge in [-0.2, -0.15) is 15.8 Å². The molecular weight excluding hydrogens is 568 g/mol. The van der Waals surface area contributed by atoms with Gasteiger partial charge in [0.05, 0.1) is 41.5 Å². The van der Waals surface area contributed by atoms with E-state index in [9.17, 15) is 0 Å². The van der Waals surface area contributed by atoms with E-state index >= 15 is 0 Å². The van der Waals surface area contributed by atoms with Crippen molar-refractivity contribution in [2.45, 2.75) is 59.7 Å². The van der Waals surface area contributed by atoms with Crippen LogP contribution in [0.25, 0.3) is 0 Å². The molecule has 3 aromatic rings. The highest BCUT2D eigenvalue weighted by Gasteiger charge is 2.04. The first-order valence-electron chi connectivity index (χ1n) is 14.5. The molecule has 0 aliphatic carbocycles. The van der Waals surface area contributed by atoms with E-state index in [2.05, 4.69) is 22.8 Å². The minimum atomic E-state index is 0.000131. The summed E-state index contributed by atoms with van der Waals surface area (Å²) in [5, 5.41) is 49.2. The molecule has 0 amide bonds. The first kappa shape index (κ1) is 40.4. The number of ether oxygens (including phenoxy) is 2. The Balaban J connectivity index is 0.000000601. The first-order chi connectivity index (χ1) is 21.3. The second-order valence-electron chi connectivity index (χ2n) is 10.5. The standard InChI is InChI=1S/C12H16N2O.C11H14N2O.C8H7NO.C4H11NO/c1-9-4-5-11(7-13)6-12(9)15-8-10(2)14-3;1-8-3-4-10(6-12)5-11(8)14-7-9(2)13;1-6-2-3-7(5-9)4-8(6)10;1-4(3-6)5-2/h4-6,10,14H,8H2,1-3H3;3-5,9H,7,13H2,1-2H3;2-4,10H,1H3;4-6H,3H2,1-2H3. The predicted molar refractivity (Wildman–Crippen MR) is 178 cm³/mol. The van der Waals surface area contributed by atoms with Crippen LogP contribution in [0, 0.1) is 54.8 Å². The summed E-state index contributed by atoms with van der Waals surface area (Å²) in [6.45, 7) is 12.8. The minimum absolute atomic E-state index is 0.000131. The fourth-order valence-electron chi connectivity index (χ4n) is 2.94. The molecule has 0 saturated carbocycles. The second-order valence-corrected chi connectivity index (χ2v) is 10.5. The van der Waals surface area contributed by atoms with E-state index in [4.69, 9.17) is 41.2 Å². The summed E-state index contributed by atoms with van der Waals surface area (Å²) < 4.78 is 11.1. The van der Waals surface area contributed by atoms with Gasteiger partial charge in [-0.1, -0.05) is 18.2 Å². The van der Waals surface area contributed by atoms with Gasteiger partial charge in [-0.25, -0.2) is 0 Å². The number of aliphatic hydroxyl groups is 1. The van der Waals surface area contributed by atoms with Crippen LogP contribution in [0.5, 0.6) is 17.2 Å². The number of hydrogen-bond acceptors (Lipinski definition) is 10. The third kappa shape index (κ3) is 17.3. The number of rotatable bonds is 9. The average Bonchev–Trinajstić information content (AvgIpc) is 3.05. The summed E-state index contributed by atoms with van der Waals surface area (Å²) in [4.78, 5) is 0. The molecule has 3 atom stereocenters. The molecular formula is C35H48N6O4. The number of benzene rings is 3. The zero-order valence-corrected chi connectivity index (χ0v) is 27.7. The monoisotopic (exact) mass is 616 g/mol. The van der Waals surface area contributed by atoms with Gasteiger partial charge in [0.1, 0.15) is 30.5 Å². The van der Waals surface area contributed by atoms with E-state index in [1.165, 1.54) is 6.07 Å². The maximum absolute atomic E-state index is 9.08. The van der Waals surface area contributed by atoms with Crippen LogP contribution in [0.1, 0.15) is 54.2 Å². The lowest BCUT2D eigenvalue weighted by Crippen LogP contribution is -2.28. The fourth-order valence-corrected chi connectivity index (χ4v) is 2.94. The Kier molecular flexibility index (Phi) is 20.5. The van der Waals surface area contributed by atoms with Gasteiger partial charge in [0.2, 0.25) is 0 Å². The molecule has 242 valence electrons. The van der Waals surface area contributed by atoms with Crippen molar-refractivity contribution in [1.82, 2.24) is 10.6 Å². The third-order valence-electron chi connectivity index (χ3n) is 6.22. The minimum Gasteiger partial charge on any atom is -0.508 e. The first-order valence-corrected chi connectivity index (χ1v) is 14.5. The van der Waals surface area contributed by atoms with Crippen molar-refractivity contribution < 1.29 is 19.7 Å². The molecule has 3 rings (SSSR count). The summed E-state index contributed by atoms with van der Waals surface area (Å²) in [5.41, 5.74) is 10.2. The van der Waals surface area contributed by atoms with Crippen LogP contribution in [0.3, 0.4) is 0 Å². The van der Waals surface area contributed by atoms with Gasteiger partial charge < -0.3 is 36.1 Å². The lowest BCUT2D eigenvalue weighted by molar-refractivity contribution is 0.258. The highest BCUT2D eigenvalue weighted by atomic mass is 16.5. The molecule has 0 radical (unpaired) electrons. The Hall–Kier alpha value is -4.63. The number of aryl methyl sites for hydroxylation is 3. The van der Waals surface area contributed by atoms with Crippen molar-refractivity contribution >= 4 is 0 Å². The maximum atomic E-state index is 9.08. The predicted octanol–water partition coefficient (Wildman–Crippen LogP) is 4.61. The number of phenols is 1. The molecule has 0 aliphatic rings. The molecule has 0 spiro atoms. The van der Waals surface area contributed by atoms with Gasteiger partial charge >= 0.3 is 0 Å². The van der Waals surface area contributed by atoms with Gasteiger partial charge in [-0.15, -0.1) is 0 Å². The number of aromatic hydroxyl groups is 1. The summed E-state index contributed by atoms with van der Waals surface area (Å²) in [5.74, 6) is 1.71. The van der Waals surface area contributed by atoms with E-state index in [0.717, 1.165) is 28.2 Å². The number of nitrogens with one attached hydrogen (secondary N) is 2. The summed E-state index contributed by atoms with van der Waals surface area (Å²) in [6, 6.07) is 22.3. The van der Waals surface area contributed by atoms with Crippen molar-refractivity contribution in [3.05, 3.63) is 88.0 Å². The Labute approximate surface area is 268 Å². The average molecular weight is 617 g/mol. The number of hydrogen-bond donors (Lipinski definition) is 5. The summed E-state index contributed by atoms with van der Waals surface area (Å²) in [7, 11) is 3.72. The van der Waals surface area contributed by atoms with Crippen LogP contribution in [-0.4, -0.2) is 62.3 Å². The van der Waals surface area contributed by atoms with Crippen LogP contribution in [0.2, 0.25) is 0 Å². The molecule has 45 heavy (non-hydrogen) atoms. The largest absolute Gasteiger partial charge is 0.508 e. The summed E-state index contributed by atoms with van der Waals surface area (Å²) in [6.07, 6.45) is 0. The lowest BCUT2D eigenvalue weighted by atomic mass is 10.1.